The third-order valence-electron chi connectivity index (χ3n) is 6.51. The van der Waals surface area contributed by atoms with Crippen LogP contribution in [0.15, 0.2) is 23.3 Å². The van der Waals surface area contributed by atoms with Crippen molar-refractivity contribution in [1.82, 2.24) is 19.5 Å². The summed E-state index contributed by atoms with van der Waals surface area (Å²) in [4.78, 5) is 34.6. The predicted molar refractivity (Wildman–Crippen MR) is 106 cm³/mol. The van der Waals surface area contributed by atoms with Gasteiger partial charge in [0.1, 0.15) is 0 Å². The highest BCUT2D eigenvalue weighted by Gasteiger charge is 2.51. The molecule has 1 aliphatic carbocycles. The van der Waals surface area contributed by atoms with E-state index in [9.17, 15) is 14.7 Å². The number of hydrogen-bond acceptors (Lipinski definition) is 6. The minimum atomic E-state index is -2.49. The molecule has 9 heteroatoms. The second kappa shape index (κ2) is 6.88. The van der Waals surface area contributed by atoms with Crippen molar-refractivity contribution in [3.63, 3.8) is 0 Å². The fourth-order valence-electron chi connectivity index (χ4n) is 5.07. The summed E-state index contributed by atoms with van der Waals surface area (Å²) in [7, 11) is -2.49. The van der Waals surface area contributed by atoms with Crippen LogP contribution in [0.2, 0.25) is 17.6 Å². The Morgan fingerprint density at radius 1 is 1.33 bits per heavy atom. The molecule has 0 radical (unpaired) electrons. The van der Waals surface area contributed by atoms with Gasteiger partial charge in [-0.05, 0) is 29.6 Å². The number of aromatic amines is 1. The van der Waals surface area contributed by atoms with Crippen LogP contribution >= 0.6 is 0 Å². The molecule has 2 aliphatic rings. The molecular formula is C18H27N5O3Si. The largest absolute Gasteiger partial charge is 0.431 e. The van der Waals surface area contributed by atoms with Crippen molar-refractivity contribution >= 4 is 25.4 Å². The number of aliphatic hydroxyl groups excluding tert-OH is 1. The van der Waals surface area contributed by atoms with Crippen LogP contribution in [-0.2, 0) is 0 Å². The fraction of sp³-hybridized carbons (Fsp3) is 0.611. The van der Waals surface area contributed by atoms with Crippen molar-refractivity contribution in [3.05, 3.63) is 28.8 Å². The number of anilines is 1. The zero-order chi connectivity index (χ0) is 19.2. The SMILES string of the molecule is C=C1[C@H](CO)[C@@H]([Si]2(O)CCCCCC2)C[C@@H]1n1cnc2c(=O)[nH]c(N)nc21. The highest BCUT2D eigenvalue weighted by Crippen LogP contribution is 2.53. The minimum Gasteiger partial charge on any atom is -0.431 e. The van der Waals surface area contributed by atoms with Gasteiger partial charge in [0.15, 0.2) is 19.5 Å². The summed E-state index contributed by atoms with van der Waals surface area (Å²) in [6.07, 6.45) is 6.78. The second-order valence-corrected chi connectivity index (χ2v) is 12.0. The molecule has 0 unspecified atom stereocenters. The lowest BCUT2D eigenvalue weighted by molar-refractivity contribution is 0.242. The Bertz CT molecular complexity index is 915. The average Bonchev–Trinajstić information content (AvgIpc) is 3.10. The van der Waals surface area contributed by atoms with E-state index in [0.717, 1.165) is 30.5 Å². The van der Waals surface area contributed by atoms with Gasteiger partial charge in [0, 0.05) is 12.5 Å². The fourth-order valence-corrected chi connectivity index (χ4v) is 9.52. The van der Waals surface area contributed by atoms with Gasteiger partial charge >= 0.3 is 0 Å². The molecule has 3 heterocycles. The summed E-state index contributed by atoms with van der Waals surface area (Å²) in [6.45, 7) is 4.24. The molecule has 2 aromatic rings. The number of rotatable bonds is 3. The first kappa shape index (κ1) is 18.4. The number of hydrogen-bond donors (Lipinski definition) is 4. The smallest absolute Gasteiger partial charge is 0.280 e. The third kappa shape index (κ3) is 3.03. The number of H-pyrrole nitrogens is 1. The number of aliphatic hydroxyl groups is 1. The van der Waals surface area contributed by atoms with Crippen molar-refractivity contribution in [2.75, 3.05) is 12.3 Å². The third-order valence-corrected chi connectivity index (χ3v) is 11.0. The number of nitrogens with two attached hydrogens (primary N) is 1. The van der Waals surface area contributed by atoms with Gasteiger partial charge in [0.25, 0.3) is 5.56 Å². The average molecular weight is 390 g/mol. The van der Waals surface area contributed by atoms with Gasteiger partial charge in [-0.15, -0.1) is 0 Å². The highest BCUT2D eigenvalue weighted by atomic mass is 28.4. The maximum Gasteiger partial charge on any atom is 0.280 e. The monoisotopic (exact) mass is 389 g/mol. The molecule has 0 amide bonds. The first-order valence-electron chi connectivity index (χ1n) is 9.69. The molecule has 1 aliphatic heterocycles. The van der Waals surface area contributed by atoms with Gasteiger partial charge in [0.2, 0.25) is 5.95 Å². The van der Waals surface area contributed by atoms with Crippen LogP contribution in [0.1, 0.15) is 38.1 Å². The van der Waals surface area contributed by atoms with E-state index in [1.807, 2.05) is 4.57 Å². The van der Waals surface area contributed by atoms with Gasteiger partial charge in [0.05, 0.1) is 12.4 Å². The molecule has 5 N–H and O–H groups in total. The van der Waals surface area contributed by atoms with Crippen LogP contribution in [0.3, 0.4) is 0 Å². The Balaban J connectivity index is 1.73. The van der Waals surface area contributed by atoms with Crippen molar-refractivity contribution in [3.8, 4) is 0 Å². The van der Waals surface area contributed by atoms with E-state index in [-0.39, 0.29) is 41.1 Å². The molecule has 1 saturated heterocycles. The molecule has 2 aromatic heterocycles. The van der Waals surface area contributed by atoms with Gasteiger partial charge in [-0.2, -0.15) is 4.98 Å². The predicted octanol–water partition coefficient (Wildman–Crippen LogP) is 1.69. The van der Waals surface area contributed by atoms with Crippen molar-refractivity contribution < 1.29 is 9.90 Å². The summed E-state index contributed by atoms with van der Waals surface area (Å²) in [6, 6.07) is 1.64. The van der Waals surface area contributed by atoms with E-state index in [1.165, 1.54) is 12.8 Å². The summed E-state index contributed by atoms with van der Waals surface area (Å²) >= 11 is 0. The number of aromatic nitrogens is 4. The molecule has 0 aromatic carbocycles. The van der Waals surface area contributed by atoms with E-state index < -0.39 is 8.32 Å². The van der Waals surface area contributed by atoms with E-state index in [4.69, 9.17) is 5.73 Å². The minimum absolute atomic E-state index is 0.0158. The number of imidazole rings is 1. The molecule has 146 valence electrons. The van der Waals surface area contributed by atoms with Crippen LogP contribution < -0.4 is 11.3 Å². The molecule has 0 spiro atoms. The van der Waals surface area contributed by atoms with Crippen LogP contribution in [0.5, 0.6) is 0 Å². The maximum atomic E-state index is 12.1. The first-order valence-corrected chi connectivity index (χ1v) is 12.1. The molecule has 1 saturated carbocycles. The highest BCUT2D eigenvalue weighted by molar-refractivity contribution is 6.74. The lowest BCUT2D eigenvalue weighted by atomic mass is 10.0. The van der Waals surface area contributed by atoms with Crippen LogP contribution in [0, 0.1) is 5.92 Å². The van der Waals surface area contributed by atoms with Crippen LogP contribution in [0.25, 0.3) is 11.2 Å². The van der Waals surface area contributed by atoms with Gasteiger partial charge in [-0.3, -0.25) is 9.78 Å². The summed E-state index contributed by atoms with van der Waals surface area (Å²) in [5, 5.41) is 10.1. The summed E-state index contributed by atoms with van der Waals surface area (Å²) < 4.78 is 1.83. The molecular weight excluding hydrogens is 362 g/mol. The molecule has 4 rings (SSSR count). The molecule has 0 bridgehead atoms. The first-order chi connectivity index (χ1) is 12.9. The van der Waals surface area contributed by atoms with E-state index in [2.05, 4.69) is 21.5 Å². The van der Waals surface area contributed by atoms with Gasteiger partial charge in [-0.1, -0.05) is 32.3 Å². The second-order valence-electron chi connectivity index (χ2n) is 8.01. The van der Waals surface area contributed by atoms with Crippen LogP contribution in [-0.4, -0.2) is 44.3 Å². The van der Waals surface area contributed by atoms with E-state index in [1.54, 1.807) is 6.33 Å². The molecule has 3 atom stereocenters. The normalized spacial score (nSPS) is 28.5. The number of fused-ring (bicyclic) bond motifs is 1. The van der Waals surface area contributed by atoms with Crippen molar-refractivity contribution in [2.45, 2.75) is 55.8 Å². The Morgan fingerprint density at radius 2 is 2.04 bits per heavy atom. The Morgan fingerprint density at radius 3 is 2.70 bits per heavy atom. The lowest BCUT2D eigenvalue weighted by Crippen LogP contribution is -2.42. The Labute approximate surface area is 158 Å². The quantitative estimate of drug-likeness (QED) is 0.467. The standard InChI is InChI=1S/C18H27N5O3Si/c1-11-12(9-24)14(27(26)6-4-2-3-5-7-27)8-13(11)23-10-20-15-16(23)21-18(19)22-17(15)25/h10,12-14,24,26H,1-9H2,(H3,19,21,22,25)/t12-,13-,14-/m0/s1. The lowest BCUT2D eigenvalue weighted by Gasteiger charge is -2.33. The Hall–Kier alpha value is -1.97. The van der Waals surface area contributed by atoms with E-state index in [0.29, 0.717) is 12.1 Å². The zero-order valence-electron chi connectivity index (χ0n) is 15.4. The zero-order valence-corrected chi connectivity index (χ0v) is 16.4. The number of nitrogen functional groups attached to an aromatic ring is 1. The topological polar surface area (TPSA) is 130 Å². The molecule has 2 fully saturated rings. The molecule has 8 nitrogen and oxygen atoms in total. The summed E-state index contributed by atoms with van der Waals surface area (Å²) in [5.41, 5.74) is 6.96. The summed E-state index contributed by atoms with van der Waals surface area (Å²) in [5.74, 6) is -0.0774. The molecule has 27 heavy (non-hydrogen) atoms. The van der Waals surface area contributed by atoms with Crippen molar-refractivity contribution in [1.29, 1.82) is 0 Å². The Kier molecular flexibility index (Phi) is 4.69. The van der Waals surface area contributed by atoms with Gasteiger partial charge < -0.3 is 20.2 Å². The van der Waals surface area contributed by atoms with Crippen molar-refractivity contribution in [2.24, 2.45) is 5.92 Å². The van der Waals surface area contributed by atoms with E-state index >= 15 is 0 Å². The number of nitrogens with zero attached hydrogens (tertiary/aromatic N) is 3. The maximum absolute atomic E-state index is 12.1. The number of nitrogens with one attached hydrogen (secondary N) is 1. The van der Waals surface area contributed by atoms with Crippen LogP contribution in [0.4, 0.5) is 5.95 Å². The van der Waals surface area contributed by atoms with Gasteiger partial charge in [-0.25, -0.2) is 4.98 Å².